The highest BCUT2D eigenvalue weighted by atomic mass is 16.2. The number of aryl methyl sites for hydroxylation is 3. The molecule has 5 N–H and O–H groups in total. The summed E-state index contributed by atoms with van der Waals surface area (Å²) in [4.78, 5) is 13.0. The van der Waals surface area contributed by atoms with Crippen LogP contribution in [0.15, 0.2) is 42.5 Å². The fraction of sp³-hybridized carbons (Fsp3) is 0.360. The fourth-order valence-electron chi connectivity index (χ4n) is 4.58. The van der Waals surface area contributed by atoms with Gasteiger partial charge >= 0.3 is 0 Å². The molecule has 1 aliphatic rings. The fourth-order valence-corrected chi connectivity index (χ4v) is 4.58. The topological polar surface area (TPSA) is 95.8 Å². The molecule has 1 amide bonds. The van der Waals surface area contributed by atoms with Crippen molar-refractivity contribution < 1.29 is 4.79 Å². The molecule has 162 valence electrons. The minimum absolute atomic E-state index is 0.104. The van der Waals surface area contributed by atoms with Crippen LogP contribution in [-0.4, -0.2) is 28.7 Å². The van der Waals surface area contributed by atoms with E-state index in [9.17, 15) is 4.79 Å². The molecule has 2 atom stereocenters. The summed E-state index contributed by atoms with van der Waals surface area (Å²) in [5.41, 5.74) is 14.4. The minimum atomic E-state index is -0.595. The predicted molar refractivity (Wildman–Crippen MR) is 124 cm³/mol. The van der Waals surface area contributed by atoms with Crippen molar-refractivity contribution in [3.05, 3.63) is 81.5 Å². The van der Waals surface area contributed by atoms with Gasteiger partial charge in [-0.25, -0.2) is 0 Å². The largest absolute Gasteiger partial charge is 0.368 e. The highest BCUT2D eigenvalue weighted by Gasteiger charge is 2.29. The van der Waals surface area contributed by atoms with Gasteiger partial charge in [0.15, 0.2) is 5.82 Å². The lowest BCUT2D eigenvalue weighted by Crippen LogP contribution is -2.45. The Balaban J connectivity index is 1.49. The molecule has 0 bridgehead atoms. The summed E-state index contributed by atoms with van der Waals surface area (Å²) in [7, 11) is 0. The van der Waals surface area contributed by atoms with Gasteiger partial charge in [0.05, 0.1) is 12.1 Å². The number of nitrogens with two attached hydrogens (primary N) is 1. The Hall–Kier alpha value is -3.12. The third kappa shape index (κ3) is 4.64. The van der Waals surface area contributed by atoms with Gasteiger partial charge in [0.1, 0.15) is 0 Å². The number of H-pyrrole nitrogens is 1. The molecule has 0 fully saturated rings. The second kappa shape index (κ2) is 8.94. The predicted octanol–water partition coefficient (Wildman–Crippen LogP) is 3.47. The molecule has 3 aromatic rings. The number of nitrogens with one attached hydrogen (secondary N) is 3. The van der Waals surface area contributed by atoms with Crippen molar-refractivity contribution in [3.63, 3.8) is 0 Å². The number of benzene rings is 2. The lowest BCUT2D eigenvalue weighted by atomic mass is 9.93. The van der Waals surface area contributed by atoms with Crippen molar-refractivity contribution in [2.45, 2.75) is 52.1 Å². The van der Waals surface area contributed by atoms with Crippen molar-refractivity contribution >= 4 is 11.7 Å². The maximum atomic E-state index is 13.0. The average molecular weight is 418 g/mol. The van der Waals surface area contributed by atoms with Crippen LogP contribution in [0, 0.1) is 20.8 Å². The minimum Gasteiger partial charge on any atom is -0.368 e. The van der Waals surface area contributed by atoms with E-state index in [1.54, 1.807) is 0 Å². The quantitative estimate of drug-likeness (QED) is 0.494. The molecule has 6 nitrogen and oxygen atoms in total. The lowest BCUT2D eigenvalue weighted by Gasteiger charge is -2.26. The Kier molecular flexibility index (Phi) is 6.09. The molecular formula is C25H31N5O. The number of hydrogen-bond acceptors (Lipinski definition) is 4. The molecule has 0 radical (unpaired) electrons. The van der Waals surface area contributed by atoms with Crippen LogP contribution in [0.5, 0.6) is 0 Å². The van der Waals surface area contributed by atoms with Crippen LogP contribution in [0.4, 0.5) is 5.82 Å². The van der Waals surface area contributed by atoms with E-state index >= 15 is 0 Å². The van der Waals surface area contributed by atoms with E-state index in [0.717, 1.165) is 42.0 Å². The van der Waals surface area contributed by atoms with Gasteiger partial charge in [0.2, 0.25) is 5.91 Å². The molecule has 1 aliphatic heterocycles. The number of carbonyl (C=O) groups is 1. The van der Waals surface area contributed by atoms with Gasteiger partial charge in [-0.05, 0) is 55.9 Å². The number of carbonyl (C=O) groups excluding carboxylic acids is 1. The summed E-state index contributed by atoms with van der Waals surface area (Å²) in [6.45, 7) is 7.02. The number of aromatic nitrogens is 2. The molecule has 6 heteroatoms. The van der Waals surface area contributed by atoms with Crippen molar-refractivity contribution in [3.8, 4) is 0 Å². The number of aromatic amines is 1. The van der Waals surface area contributed by atoms with E-state index in [1.165, 1.54) is 22.3 Å². The summed E-state index contributed by atoms with van der Waals surface area (Å²) in [5.74, 6) is 0.699. The highest BCUT2D eigenvalue weighted by molar-refractivity contribution is 5.82. The smallest absolute Gasteiger partial charge is 0.237 e. The van der Waals surface area contributed by atoms with Gasteiger partial charge in [-0.15, -0.1) is 0 Å². The first kappa shape index (κ1) is 21.1. The van der Waals surface area contributed by atoms with E-state index in [1.807, 2.05) is 18.2 Å². The Labute approximate surface area is 183 Å². The van der Waals surface area contributed by atoms with Crippen LogP contribution in [0.3, 0.4) is 0 Å². The third-order valence-electron chi connectivity index (χ3n) is 6.10. The average Bonchev–Trinajstić information content (AvgIpc) is 3.15. The van der Waals surface area contributed by atoms with Crippen molar-refractivity contribution in [1.29, 1.82) is 0 Å². The van der Waals surface area contributed by atoms with Crippen LogP contribution in [0.1, 0.15) is 51.5 Å². The molecule has 0 saturated carbocycles. The van der Waals surface area contributed by atoms with E-state index in [0.29, 0.717) is 6.42 Å². The number of nitrogens with zero attached hydrogens (tertiary/aromatic N) is 1. The van der Waals surface area contributed by atoms with Gasteiger partial charge in [-0.1, -0.05) is 48.0 Å². The van der Waals surface area contributed by atoms with Crippen molar-refractivity contribution in [2.75, 3.05) is 11.9 Å². The highest BCUT2D eigenvalue weighted by Crippen LogP contribution is 2.32. The van der Waals surface area contributed by atoms with Gasteiger partial charge in [0, 0.05) is 24.2 Å². The van der Waals surface area contributed by atoms with E-state index in [2.05, 4.69) is 65.9 Å². The molecule has 2 aromatic carbocycles. The number of fused-ring (bicyclic) bond motifs is 1. The Bertz CT molecular complexity index is 1050. The van der Waals surface area contributed by atoms with Crippen LogP contribution < -0.4 is 16.4 Å². The second-order valence-electron chi connectivity index (χ2n) is 8.59. The molecule has 31 heavy (non-hydrogen) atoms. The molecule has 2 heterocycles. The van der Waals surface area contributed by atoms with E-state index < -0.39 is 6.04 Å². The number of amides is 1. The Morgan fingerprint density at radius 3 is 2.61 bits per heavy atom. The van der Waals surface area contributed by atoms with Crippen LogP contribution in [0.25, 0.3) is 0 Å². The maximum absolute atomic E-state index is 13.0. The van der Waals surface area contributed by atoms with Gasteiger partial charge in [0.25, 0.3) is 0 Å². The molecular weight excluding hydrogens is 386 g/mol. The van der Waals surface area contributed by atoms with Crippen LogP contribution in [0.2, 0.25) is 0 Å². The molecule has 1 aromatic heterocycles. The Morgan fingerprint density at radius 2 is 1.90 bits per heavy atom. The summed E-state index contributed by atoms with van der Waals surface area (Å²) in [6, 6.07) is 13.9. The monoisotopic (exact) mass is 417 g/mol. The summed E-state index contributed by atoms with van der Waals surface area (Å²) in [5, 5.41) is 14.1. The van der Waals surface area contributed by atoms with Crippen molar-refractivity contribution in [2.24, 2.45) is 5.73 Å². The first-order valence-corrected chi connectivity index (χ1v) is 10.9. The first-order valence-electron chi connectivity index (χ1n) is 10.9. The van der Waals surface area contributed by atoms with Crippen LogP contribution >= 0.6 is 0 Å². The normalized spacial score (nSPS) is 16.3. The van der Waals surface area contributed by atoms with E-state index in [-0.39, 0.29) is 11.9 Å². The van der Waals surface area contributed by atoms with Crippen LogP contribution in [-0.2, 0) is 17.6 Å². The third-order valence-corrected chi connectivity index (χ3v) is 6.10. The molecule has 0 spiro atoms. The first-order chi connectivity index (χ1) is 14.9. The second-order valence-corrected chi connectivity index (χ2v) is 8.59. The SMILES string of the molecule is Cc1cc(C)c(CC(N)C(=O)NC2CCNc3n[nH]c(Cc4ccccc4)c32)c(C)c1. The Morgan fingerprint density at radius 1 is 1.19 bits per heavy atom. The lowest BCUT2D eigenvalue weighted by molar-refractivity contribution is -0.123. The van der Waals surface area contributed by atoms with Gasteiger partial charge in [-0.3, -0.25) is 9.89 Å². The summed E-state index contributed by atoms with van der Waals surface area (Å²) >= 11 is 0. The maximum Gasteiger partial charge on any atom is 0.237 e. The zero-order chi connectivity index (χ0) is 22.0. The standard InChI is InChI=1S/C25H31N5O/c1-15-11-16(2)19(17(3)12-15)14-20(26)25(31)28-21-9-10-27-24-23(21)22(29-30-24)13-18-7-5-4-6-8-18/h4-8,11-12,20-21H,9-10,13-14,26H2,1-3H3,(H,28,31)(H2,27,29,30). The number of hydrogen-bond donors (Lipinski definition) is 4. The number of rotatable bonds is 6. The summed E-state index contributed by atoms with van der Waals surface area (Å²) < 4.78 is 0. The molecule has 0 aliphatic carbocycles. The number of anilines is 1. The zero-order valence-corrected chi connectivity index (χ0v) is 18.5. The molecule has 4 rings (SSSR count). The van der Waals surface area contributed by atoms with E-state index in [4.69, 9.17) is 5.73 Å². The zero-order valence-electron chi connectivity index (χ0n) is 18.5. The van der Waals surface area contributed by atoms with Gasteiger partial charge in [-0.2, -0.15) is 5.10 Å². The van der Waals surface area contributed by atoms with Gasteiger partial charge < -0.3 is 16.4 Å². The molecule has 2 unspecified atom stereocenters. The van der Waals surface area contributed by atoms with Crippen molar-refractivity contribution in [1.82, 2.24) is 15.5 Å². The molecule has 0 saturated heterocycles. The summed E-state index contributed by atoms with van der Waals surface area (Å²) in [6.07, 6.45) is 2.07.